The van der Waals surface area contributed by atoms with Crippen LogP contribution in [0.1, 0.15) is 36.8 Å². The highest BCUT2D eigenvalue weighted by Gasteiger charge is 2.17. The number of hydrogen-bond acceptors (Lipinski definition) is 3. The Morgan fingerprint density at radius 3 is 2.57 bits per heavy atom. The van der Waals surface area contributed by atoms with Crippen molar-refractivity contribution in [1.82, 2.24) is 4.98 Å². The second-order valence-corrected chi connectivity index (χ2v) is 4.19. The molecule has 0 aliphatic heterocycles. The lowest BCUT2D eigenvalue weighted by Gasteiger charge is -2.19. The molecule has 3 heteroatoms. The Morgan fingerprint density at radius 2 is 2.07 bits per heavy atom. The lowest BCUT2D eigenvalue weighted by molar-refractivity contribution is 0.00693. The Hall–Kier alpha value is -1.38. The molecule has 0 saturated heterocycles. The summed E-state index contributed by atoms with van der Waals surface area (Å²) in [5, 5.41) is 0. The van der Waals surface area contributed by atoms with Gasteiger partial charge in [-0.3, -0.25) is 4.98 Å². The van der Waals surface area contributed by atoms with E-state index < -0.39 is 5.60 Å². The molecule has 0 aliphatic carbocycles. The van der Waals surface area contributed by atoms with Gasteiger partial charge in [0.2, 0.25) is 0 Å². The zero-order valence-electron chi connectivity index (χ0n) is 9.00. The number of aromatic nitrogens is 1. The number of esters is 1. The van der Waals surface area contributed by atoms with Gasteiger partial charge in [0, 0.05) is 11.9 Å². The van der Waals surface area contributed by atoms with Crippen LogP contribution in [-0.4, -0.2) is 16.6 Å². The van der Waals surface area contributed by atoms with Crippen molar-refractivity contribution in [3.05, 3.63) is 29.6 Å². The van der Waals surface area contributed by atoms with E-state index in [0.717, 1.165) is 5.69 Å². The van der Waals surface area contributed by atoms with Crippen LogP contribution in [0.25, 0.3) is 0 Å². The Bertz CT molecular complexity index is 339. The highest BCUT2D eigenvalue weighted by atomic mass is 16.6. The van der Waals surface area contributed by atoms with Gasteiger partial charge in [0.05, 0.1) is 5.56 Å². The summed E-state index contributed by atoms with van der Waals surface area (Å²) in [6, 6.07) is 3.37. The fraction of sp³-hybridized carbons (Fsp3) is 0.455. The first-order valence-electron chi connectivity index (χ1n) is 4.54. The summed E-state index contributed by atoms with van der Waals surface area (Å²) >= 11 is 0. The molecule has 1 aromatic heterocycles. The van der Waals surface area contributed by atoms with E-state index in [9.17, 15) is 4.79 Å². The predicted molar refractivity (Wildman–Crippen MR) is 54.1 cm³/mol. The molecule has 0 fully saturated rings. The molecule has 0 unspecified atom stereocenters. The van der Waals surface area contributed by atoms with Crippen LogP contribution < -0.4 is 0 Å². The fourth-order valence-electron chi connectivity index (χ4n) is 1.01. The number of aryl methyl sites for hydroxylation is 1. The molecule has 76 valence electrons. The zero-order chi connectivity index (χ0) is 10.8. The SMILES string of the molecule is Cc1cc(C(=O)OC(C)(C)C)ccn1. The summed E-state index contributed by atoms with van der Waals surface area (Å²) in [6.45, 7) is 7.38. The number of carbonyl (C=O) groups is 1. The number of rotatable bonds is 1. The molecule has 0 radical (unpaired) electrons. The van der Waals surface area contributed by atoms with Crippen molar-refractivity contribution in [2.45, 2.75) is 33.3 Å². The van der Waals surface area contributed by atoms with Crippen molar-refractivity contribution in [1.29, 1.82) is 0 Å². The van der Waals surface area contributed by atoms with Gasteiger partial charge in [-0.1, -0.05) is 0 Å². The largest absolute Gasteiger partial charge is 0.456 e. The number of pyridine rings is 1. The second kappa shape index (κ2) is 3.78. The minimum atomic E-state index is -0.450. The smallest absolute Gasteiger partial charge is 0.338 e. The Balaban J connectivity index is 2.80. The molecule has 1 heterocycles. The third kappa shape index (κ3) is 3.17. The standard InChI is InChI=1S/C11H15NO2/c1-8-7-9(5-6-12-8)10(13)14-11(2,3)4/h5-7H,1-4H3. The summed E-state index contributed by atoms with van der Waals surface area (Å²) in [5.74, 6) is -0.303. The van der Waals surface area contributed by atoms with Gasteiger partial charge in [-0.15, -0.1) is 0 Å². The Kier molecular flexibility index (Phi) is 2.89. The van der Waals surface area contributed by atoms with Crippen molar-refractivity contribution >= 4 is 5.97 Å². The van der Waals surface area contributed by atoms with Crippen molar-refractivity contribution in [2.75, 3.05) is 0 Å². The molecule has 1 aromatic rings. The van der Waals surface area contributed by atoms with Gasteiger partial charge >= 0.3 is 5.97 Å². The molecule has 0 aromatic carbocycles. The van der Waals surface area contributed by atoms with E-state index in [4.69, 9.17) is 4.74 Å². The normalized spacial score (nSPS) is 11.1. The molecule has 0 amide bonds. The van der Waals surface area contributed by atoms with Crippen LogP contribution in [0, 0.1) is 6.92 Å². The second-order valence-electron chi connectivity index (χ2n) is 4.19. The number of nitrogens with zero attached hydrogens (tertiary/aromatic N) is 1. The first kappa shape index (κ1) is 10.7. The Labute approximate surface area is 84.1 Å². The summed E-state index contributed by atoms with van der Waals surface area (Å²) in [7, 11) is 0. The molecular weight excluding hydrogens is 178 g/mol. The lowest BCUT2D eigenvalue weighted by atomic mass is 10.2. The van der Waals surface area contributed by atoms with Crippen molar-refractivity contribution in [2.24, 2.45) is 0 Å². The van der Waals surface area contributed by atoms with E-state index in [0.29, 0.717) is 5.56 Å². The Morgan fingerprint density at radius 1 is 1.43 bits per heavy atom. The first-order chi connectivity index (χ1) is 6.38. The number of hydrogen-bond donors (Lipinski definition) is 0. The highest BCUT2D eigenvalue weighted by molar-refractivity contribution is 5.89. The quantitative estimate of drug-likeness (QED) is 0.642. The van der Waals surface area contributed by atoms with Crippen LogP contribution in [0.3, 0.4) is 0 Å². The molecule has 0 saturated carbocycles. The van der Waals surface area contributed by atoms with Gasteiger partial charge in [-0.2, -0.15) is 0 Å². The van der Waals surface area contributed by atoms with Crippen LogP contribution in [0.4, 0.5) is 0 Å². The molecule has 0 aliphatic rings. The monoisotopic (exact) mass is 193 g/mol. The van der Waals surface area contributed by atoms with Gasteiger partial charge in [0.15, 0.2) is 0 Å². The van der Waals surface area contributed by atoms with Gasteiger partial charge in [0.1, 0.15) is 5.60 Å². The van der Waals surface area contributed by atoms with Crippen LogP contribution in [0.15, 0.2) is 18.3 Å². The first-order valence-corrected chi connectivity index (χ1v) is 4.54. The molecule has 0 atom stereocenters. The maximum absolute atomic E-state index is 11.6. The number of ether oxygens (including phenoxy) is 1. The zero-order valence-corrected chi connectivity index (χ0v) is 9.00. The summed E-state index contributed by atoms with van der Waals surface area (Å²) < 4.78 is 5.21. The third-order valence-electron chi connectivity index (χ3n) is 1.53. The van der Waals surface area contributed by atoms with Gasteiger partial charge in [-0.25, -0.2) is 4.79 Å². The minimum Gasteiger partial charge on any atom is -0.456 e. The molecule has 14 heavy (non-hydrogen) atoms. The van der Waals surface area contributed by atoms with Crippen LogP contribution in [-0.2, 0) is 4.74 Å². The third-order valence-corrected chi connectivity index (χ3v) is 1.53. The summed E-state index contributed by atoms with van der Waals surface area (Å²) in [4.78, 5) is 15.6. The predicted octanol–water partition coefficient (Wildman–Crippen LogP) is 2.35. The maximum Gasteiger partial charge on any atom is 0.338 e. The summed E-state index contributed by atoms with van der Waals surface area (Å²) in [6.07, 6.45) is 1.61. The van der Waals surface area contributed by atoms with E-state index in [1.807, 2.05) is 27.7 Å². The van der Waals surface area contributed by atoms with Crippen molar-refractivity contribution < 1.29 is 9.53 Å². The average Bonchev–Trinajstić information content (AvgIpc) is 2.01. The fourth-order valence-corrected chi connectivity index (χ4v) is 1.01. The topological polar surface area (TPSA) is 39.2 Å². The van der Waals surface area contributed by atoms with Gasteiger partial charge in [-0.05, 0) is 39.8 Å². The van der Waals surface area contributed by atoms with E-state index >= 15 is 0 Å². The van der Waals surface area contributed by atoms with Crippen LogP contribution in [0.2, 0.25) is 0 Å². The molecule has 3 nitrogen and oxygen atoms in total. The maximum atomic E-state index is 11.6. The van der Waals surface area contributed by atoms with Crippen molar-refractivity contribution in [3.63, 3.8) is 0 Å². The van der Waals surface area contributed by atoms with E-state index in [1.54, 1.807) is 18.3 Å². The highest BCUT2D eigenvalue weighted by Crippen LogP contribution is 2.11. The molecule has 0 bridgehead atoms. The molecule has 1 rings (SSSR count). The van der Waals surface area contributed by atoms with Crippen LogP contribution in [0.5, 0.6) is 0 Å². The number of carbonyl (C=O) groups excluding carboxylic acids is 1. The van der Waals surface area contributed by atoms with E-state index in [1.165, 1.54) is 0 Å². The van der Waals surface area contributed by atoms with Gasteiger partial charge in [0.25, 0.3) is 0 Å². The average molecular weight is 193 g/mol. The van der Waals surface area contributed by atoms with Crippen LogP contribution >= 0.6 is 0 Å². The summed E-state index contributed by atoms with van der Waals surface area (Å²) in [5.41, 5.74) is 0.912. The molecule has 0 N–H and O–H groups in total. The molecular formula is C11H15NO2. The minimum absolute atomic E-state index is 0.303. The van der Waals surface area contributed by atoms with E-state index in [-0.39, 0.29) is 5.97 Å². The molecule has 0 spiro atoms. The van der Waals surface area contributed by atoms with Gasteiger partial charge < -0.3 is 4.74 Å². The van der Waals surface area contributed by atoms with Crippen molar-refractivity contribution in [3.8, 4) is 0 Å². The lowest BCUT2D eigenvalue weighted by Crippen LogP contribution is -2.23. The van der Waals surface area contributed by atoms with E-state index in [2.05, 4.69) is 4.98 Å².